The lowest BCUT2D eigenvalue weighted by Crippen LogP contribution is -1.79. The Hall–Kier alpha value is -0.520. The Kier molecular flexibility index (Phi) is 57.5. The molecule has 0 fully saturated rings. The largest absolute Gasteiger partial charge is 0.0885 e. The molecule has 0 aromatic rings. The van der Waals surface area contributed by atoms with Gasteiger partial charge in [0.25, 0.3) is 0 Å². The van der Waals surface area contributed by atoms with Crippen LogP contribution >= 0.6 is 0 Å². The third-order valence-corrected chi connectivity index (χ3v) is 8.94. The van der Waals surface area contributed by atoms with Gasteiger partial charge in [-0.25, -0.2) is 0 Å². The summed E-state index contributed by atoms with van der Waals surface area (Å²) in [5.74, 6) is 0. The highest BCUT2D eigenvalue weighted by Crippen LogP contribution is 2.11. The van der Waals surface area contributed by atoms with E-state index in [1.165, 1.54) is 225 Å². The lowest BCUT2D eigenvalue weighted by Gasteiger charge is -1.98. The average molecular weight is 633 g/mol. The predicted molar refractivity (Wildman–Crippen MR) is 214 cm³/mol. The number of unbranched alkanes of at least 4 members (excludes halogenated alkanes) is 30. The minimum atomic E-state index is 1.31. The molecule has 0 aliphatic heterocycles. The number of allylic oxidation sites excluding steroid dienone is 4. The van der Waals surface area contributed by atoms with Crippen LogP contribution in [-0.4, -0.2) is 0 Å². The molecular formula is C45H92. The van der Waals surface area contributed by atoms with Crippen molar-refractivity contribution in [3.05, 3.63) is 24.3 Å². The van der Waals surface area contributed by atoms with Crippen LogP contribution in [0.3, 0.4) is 0 Å². The number of hydrogen-bond acceptors (Lipinski definition) is 0. The van der Waals surface area contributed by atoms with Crippen LogP contribution in [0.2, 0.25) is 0 Å². The van der Waals surface area contributed by atoms with Gasteiger partial charge in [-0.1, -0.05) is 239 Å². The molecule has 0 nitrogen and oxygen atoms in total. The van der Waals surface area contributed by atoms with E-state index in [1.807, 2.05) is 0 Å². The second kappa shape index (κ2) is 53.0. The molecule has 0 atom stereocenters. The van der Waals surface area contributed by atoms with Crippen LogP contribution in [0.1, 0.15) is 266 Å². The van der Waals surface area contributed by atoms with Gasteiger partial charge < -0.3 is 0 Å². The molecule has 0 saturated heterocycles. The fourth-order valence-electron chi connectivity index (χ4n) is 5.67. The van der Waals surface area contributed by atoms with Gasteiger partial charge in [0.15, 0.2) is 0 Å². The number of hydrogen-bond donors (Lipinski definition) is 0. The van der Waals surface area contributed by atoms with Crippen LogP contribution in [-0.2, 0) is 0 Å². The van der Waals surface area contributed by atoms with Crippen molar-refractivity contribution in [2.75, 3.05) is 0 Å². The predicted octanol–water partition coefficient (Wildman–Crippen LogP) is 17.8. The Balaban J connectivity index is -0.000000622. The van der Waals surface area contributed by atoms with Crippen LogP contribution in [0.5, 0.6) is 0 Å². The van der Waals surface area contributed by atoms with Crippen molar-refractivity contribution >= 4 is 0 Å². The van der Waals surface area contributed by atoms with E-state index in [0.717, 1.165) is 0 Å². The molecule has 0 bridgehead atoms. The molecule has 0 unspecified atom stereocenters. The van der Waals surface area contributed by atoms with E-state index in [9.17, 15) is 0 Å². The topological polar surface area (TPSA) is 0 Å². The Morgan fingerprint density at radius 3 is 0.467 bits per heavy atom. The van der Waals surface area contributed by atoms with Crippen LogP contribution in [0, 0.1) is 0 Å². The van der Waals surface area contributed by atoms with E-state index in [4.69, 9.17) is 0 Å². The Labute approximate surface area is 289 Å². The lowest BCUT2D eigenvalue weighted by molar-refractivity contribution is 0.602. The molecule has 0 amide bonds. The summed E-state index contributed by atoms with van der Waals surface area (Å²) in [6.45, 7) is 13.7. The van der Waals surface area contributed by atoms with Crippen LogP contribution < -0.4 is 0 Å². The Morgan fingerprint density at radius 2 is 0.311 bits per heavy atom. The van der Waals surface area contributed by atoms with E-state index in [-0.39, 0.29) is 0 Å². The highest BCUT2D eigenvalue weighted by Gasteiger charge is 1.91. The molecule has 0 aliphatic carbocycles. The molecule has 0 saturated carbocycles. The van der Waals surface area contributed by atoms with Crippen molar-refractivity contribution in [2.45, 2.75) is 266 Å². The summed E-state index contributed by atoms with van der Waals surface area (Å²) in [5, 5.41) is 0. The van der Waals surface area contributed by atoms with Crippen molar-refractivity contribution in [3.63, 3.8) is 0 Å². The molecule has 45 heavy (non-hydrogen) atoms. The first-order valence-corrected chi connectivity index (χ1v) is 21.5. The summed E-state index contributed by atoms with van der Waals surface area (Å²) in [5.41, 5.74) is 0. The van der Waals surface area contributed by atoms with E-state index < -0.39 is 0 Å². The van der Waals surface area contributed by atoms with E-state index in [2.05, 4.69) is 65.8 Å². The minimum absolute atomic E-state index is 1.31. The van der Waals surface area contributed by atoms with Gasteiger partial charge in [0.1, 0.15) is 0 Å². The van der Waals surface area contributed by atoms with Gasteiger partial charge in [-0.2, -0.15) is 0 Å². The van der Waals surface area contributed by atoms with E-state index in [0.29, 0.717) is 0 Å². The highest BCUT2D eigenvalue weighted by molar-refractivity contribution is 4.82. The summed E-state index contributed by atoms with van der Waals surface area (Å²) in [6, 6.07) is 0. The van der Waals surface area contributed by atoms with Crippen LogP contribution in [0.25, 0.3) is 0 Å². The first-order chi connectivity index (χ1) is 22.2. The van der Waals surface area contributed by atoms with Gasteiger partial charge in [-0.05, 0) is 51.4 Å². The third kappa shape index (κ3) is 59.4. The highest BCUT2D eigenvalue weighted by atomic mass is 14.0. The van der Waals surface area contributed by atoms with Crippen molar-refractivity contribution in [1.29, 1.82) is 0 Å². The van der Waals surface area contributed by atoms with Crippen molar-refractivity contribution in [3.8, 4) is 0 Å². The molecule has 0 radical (unpaired) electrons. The molecule has 0 aromatic heterocycles. The van der Waals surface area contributed by atoms with Crippen molar-refractivity contribution in [1.82, 2.24) is 0 Å². The molecule has 0 rings (SSSR count). The molecule has 272 valence electrons. The van der Waals surface area contributed by atoms with E-state index in [1.54, 1.807) is 0 Å². The molecule has 0 spiro atoms. The maximum Gasteiger partial charge on any atom is -0.0351 e. The summed E-state index contributed by atoms with van der Waals surface area (Å²) in [6.07, 6.45) is 58.8. The number of rotatable bonds is 34. The maximum atomic E-state index is 2.41. The fourth-order valence-corrected chi connectivity index (χ4v) is 5.67. The molecule has 0 heteroatoms. The van der Waals surface area contributed by atoms with Crippen molar-refractivity contribution in [2.24, 2.45) is 0 Å². The van der Waals surface area contributed by atoms with Gasteiger partial charge >= 0.3 is 0 Å². The average Bonchev–Trinajstić information content (AvgIpc) is 3.06. The lowest BCUT2D eigenvalue weighted by atomic mass is 10.1. The molecule has 0 aromatic carbocycles. The molecule has 0 heterocycles. The first kappa shape index (κ1) is 48.9. The van der Waals surface area contributed by atoms with Gasteiger partial charge in [0.2, 0.25) is 0 Å². The normalized spacial score (nSPS) is 11.2. The standard InChI is InChI=1S/2C18H36.C9H20/c2*1-3-5-7-9-11-13-15-17-18-16-14-12-10-8-6-4-2;1-3-5-7-9-8-6-4-2/h2*17-18H,3-16H2,1-2H3;3-9H2,1-2H3/b2*18-17-;. The maximum absolute atomic E-state index is 2.41. The summed E-state index contributed by atoms with van der Waals surface area (Å²) < 4.78 is 0. The molecular weight excluding hydrogens is 540 g/mol. The van der Waals surface area contributed by atoms with Gasteiger partial charge in [-0.3, -0.25) is 0 Å². The summed E-state index contributed by atoms with van der Waals surface area (Å²) in [7, 11) is 0. The minimum Gasteiger partial charge on any atom is -0.0885 e. The summed E-state index contributed by atoms with van der Waals surface area (Å²) >= 11 is 0. The van der Waals surface area contributed by atoms with Crippen LogP contribution in [0.4, 0.5) is 0 Å². The van der Waals surface area contributed by atoms with Crippen molar-refractivity contribution < 1.29 is 0 Å². The smallest absolute Gasteiger partial charge is 0.0351 e. The van der Waals surface area contributed by atoms with Crippen LogP contribution in [0.15, 0.2) is 24.3 Å². The zero-order chi connectivity index (χ0) is 33.6. The SMILES string of the molecule is CCCCCCCC/C=C\CCCCCCCC.CCCCCCCC/C=C\CCCCCCCC.CCCCCCCCC. The fraction of sp³-hybridized carbons (Fsp3) is 0.911. The second-order valence-corrected chi connectivity index (χ2v) is 13.9. The zero-order valence-electron chi connectivity index (χ0n) is 33.1. The quantitative estimate of drug-likeness (QED) is 0.0489. The first-order valence-electron chi connectivity index (χ1n) is 21.5. The Bertz CT molecular complexity index is 406. The monoisotopic (exact) mass is 633 g/mol. The Morgan fingerprint density at radius 1 is 0.178 bits per heavy atom. The zero-order valence-corrected chi connectivity index (χ0v) is 33.1. The third-order valence-electron chi connectivity index (χ3n) is 8.94. The molecule has 0 N–H and O–H groups in total. The van der Waals surface area contributed by atoms with Gasteiger partial charge in [0.05, 0.1) is 0 Å². The van der Waals surface area contributed by atoms with E-state index >= 15 is 0 Å². The van der Waals surface area contributed by atoms with Gasteiger partial charge in [-0.15, -0.1) is 0 Å². The molecule has 0 aliphatic rings. The summed E-state index contributed by atoms with van der Waals surface area (Å²) in [4.78, 5) is 0. The second-order valence-electron chi connectivity index (χ2n) is 13.9. The van der Waals surface area contributed by atoms with Gasteiger partial charge in [0, 0.05) is 0 Å².